The van der Waals surface area contributed by atoms with E-state index in [-0.39, 0.29) is 0 Å². The van der Waals surface area contributed by atoms with E-state index in [0.29, 0.717) is 13.0 Å². The summed E-state index contributed by atoms with van der Waals surface area (Å²) >= 11 is 0. The summed E-state index contributed by atoms with van der Waals surface area (Å²) in [5, 5.41) is 10.3. The molecule has 0 aliphatic carbocycles. The summed E-state index contributed by atoms with van der Waals surface area (Å²) in [7, 11) is 3.33. The molecule has 0 aliphatic heterocycles. The van der Waals surface area contributed by atoms with Gasteiger partial charge in [0.1, 0.15) is 5.75 Å². The van der Waals surface area contributed by atoms with Crippen molar-refractivity contribution >= 4 is 0 Å². The van der Waals surface area contributed by atoms with E-state index >= 15 is 0 Å². The lowest BCUT2D eigenvalue weighted by Crippen LogP contribution is -2.01. The van der Waals surface area contributed by atoms with Gasteiger partial charge in [0.15, 0.2) is 0 Å². The number of rotatable bonds is 7. The van der Waals surface area contributed by atoms with Crippen LogP contribution in [-0.2, 0) is 17.8 Å². The van der Waals surface area contributed by atoms with E-state index in [9.17, 15) is 5.11 Å². The first-order valence-electron chi connectivity index (χ1n) is 7.11. The summed E-state index contributed by atoms with van der Waals surface area (Å²) in [6, 6.07) is 15.9. The van der Waals surface area contributed by atoms with Crippen LogP contribution in [0.25, 0.3) is 0 Å². The average Bonchev–Trinajstić information content (AvgIpc) is 2.53. The number of methoxy groups -OCH3 is 2. The summed E-state index contributed by atoms with van der Waals surface area (Å²) in [4.78, 5) is 0. The van der Waals surface area contributed by atoms with Gasteiger partial charge in [0.25, 0.3) is 0 Å². The van der Waals surface area contributed by atoms with Crippen LogP contribution in [0.4, 0.5) is 0 Å². The molecule has 0 saturated carbocycles. The second-order valence-corrected chi connectivity index (χ2v) is 5.08. The van der Waals surface area contributed by atoms with Gasteiger partial charge in [-0.1, -0.05) is 36.4 Å². The molecule has 1 unspecified atom stereocenters. The number of aliphatic hydroxyl groups excluding tert-OH is 1. The van der Waals surface area contributed by atoms with E-state index in [1.54, 1.807) is 14.2 Å². The van der Waals surface area contributed by atoms with Crippen molar-refractivity contribution in [2.45, 2.75) is 25.6 Å². The highest BCUT2D eigenvalue weighted by atomic mass is 16.5. The van der Waals surface area contributed by atoms with Crippen molar-refractivity contribution in [3.05, 3.63) is 65.2 Å². The monoisotopic (exact) mass is 286 g/mol. The quantitative estimate of drug-likeness (QED) is 0.846. The van der Waals surface area contributed by atoms with Crippen molar-refractivity contribution in [1.82, 2.24) is 0 Å². The summed E-state index contributed by atoms with van der Waals surface area (Å²) in [5.41, 5.74) is 3.22. The zero-order chi connectivity index (χ0) is 15.1. The molecular formula is C18H22O3. The van der Waals surface area contributed by atoms with Crippen molar-refractivity contribution in [3.63, 3.8) is 0 Å². The SMILES string of the molecule is COCc1cccc(C(O)CCc2ccc(OC)cc2)c1. The second-order valence-electron chi connectivity index (χ2n) is 5.08. The third-order valence-electron chi connectivity index (χ3n) is 3.51. The van der Waals surface area contributed by atoms with Crippen LogP contribution in [-0.4, -0.2) is 19.3 Å². The van der Waals surface area contributed by atoms with Crippen molar-refractivity contribution in [2.75, 3.05) is 14.2 Å². The molecule has 0 bridgehead atoms. The van der Waals surface area contributed by atoms with Crippen LogP contribution >= 0.6 is 0 Å². The van der Waals surface area contributed by atoms with Crippen LogP contribution in [0, 0.1) is 0 Å². The normalized spacial score (nSPS) is 12.1. The minimum atomic E-state index is -0.455. The third-order valence-corrected chi connectivity index (χ3v) is 3.51. The first kappa shape index (κ1) is 15.5. The maximum Gasteiger partial charge on any atom is 0.118 e. The van der Waals surface area contributed by atoms with Gasteiger partial charge in [0, 0.05) is 7.11 Å². The molecule has 1 atom stereocenters. The Balaban J connectivity index is 1.94. The van der Waals surface area contributed by atoms with E-state index in [2.05, 4.69) is 0 Å². The molecule has 1 N–H and O–H groups in total. The molecule has 21 heavy (non-hydrogen) atoms. The van der Waals surface area contributed by atoms with E-state index in [1.165, 1.54) is 5.56 Å². The molecule has 0 amide bonds. The second kappa shape index (κ2) is 7.81. The Morgan fingerprint density at radius 3 is 2.43 bits per heavy atom. The van der Waals surface area contributed by atoms with E-state index in [0.717, 1.165) is 23.3 Å². The molecule has 3 heteroatoms. The lowest BCUT2D eigenvalue weighted by molar-refractivity contribution is 0.166. The summed E-state index contributed by atoms with van der Waals surface area (Å²) in [5.74, 6) is 0.853. The Morgan fingerprint density at radius 2 is 1.76 bits per heavy atom. The zero-order valence-corrected chi connectivity index (χ0v) is 12.6. The van der Waals surface area contributed by atoms with Crippen LogP contribution in [0.3, 0.4) is 0 Å². The Morgan fingerprint density at radius 1 is 1.00 bits per heavy atom. The van der Waals surface area contributed by atoms with Gasteiger partial charge < -0.3 is 14.6 Å². The summed E-state index contributed by atoms with van der Waals surface area (Å²) in [6.45, 7) is 0.568. The van der Waals surface area contributed by atoms with Gasteiger partial charge in [-0.3, -0.25) is 0 Å². The molecule has 0 aromatic heterocycles. The first-order valence-corrected chi connectivity index (χ1v) is 7.11. The molecule has 0 aliphatic rings. The Hall–Kier alpha value is -1.84. The molecule has 2 aromatic carbocycles. The van der Waals surface area contributed by atoms with Crippen molar-refractivity contribution in [3.8, 4) is 5.75 Å². The van der Waals surface area contributed by atoms with Gasteiger partial charge >= 0.3 is 0 Å². The molecule has 0 fully saturated rings. The predicted octanol–water partition coefficient (Wildman–Crippen LogP) is 3.51. The Bertz CT molecular complexity index is 549. The smallest absolute Gasteiger partial charge is 0.118 e. The van der Waals surface area contributed by atoms with E-state index in [1.807, 2.05) is 48.5 Å². The maximum atomic E-state index is 10.3. The molecule has 0 spiro atoms. The highest BCUT2D eigenvalue weighted by molar-refractivity contribution is 5.28. The lowest BCUT2D eigenvalue weighted by atomic mass is 10.00. The molecule has 2 aromatic rings. The van der Waals surface area contributed by atoms with Crippen LogP contribution in [0.15, 0.2) is 48.5 Å². The topological polar surface area (TPSA) is 38.7 Å². The largest absolute Gasteiger partial charge is 0.497 e. The highest BCUT2D eigenvalue weighted by Gasteiger charge is 2.08. The standard InChI is InChI=1S/C18H22O3/c1-20-13-15-4-3-5-16(12-15)18(19)11-8-14-6-9-17(21-2)10-7-14/h3-7,9-10,12,18-19H,8,11,13H2,1-2H3. The van der Waals surface area contributed by atoms with E-state index in [4.69, 9.17) is 9.47 Å². The average molecular weight is 286 g/mol. The number of hydrogen-bond donors (Lipinski definition) is 1. The molecule has 0 saturated heterocycles. The van der Waals surface area contributed by atoms with Gasteiger partial charge in [-0.25, -0.2) is 0 Å². The fourth-order valence-corrected chi connectivity index (χ4v) is 2.32. The van der Waals surface area contributed by atoms with Crippen LogP contribution < -0.4 is 4.74 Å². The predicted molar refractivity (Wildman–Crippen MR) is 83.4 cm³/mol. The molecule has 112 valence electrons. The molecule has 0 radical (unpaired) electrons. The van der Waals surface area contributed by atoms with Crippen molar-refractivity contribution < 1.29 is 14.6 Å². The zero-order valence-electron chi connectivity index (χ0n) is 12.6. The number of benzene rings is 2. The number of aliphatic hydroxyl groups is 1. The van der Waals surface area contributed by atoms with Gasteiger partial charge in [0.05, 0.1) is 19.8 Å². The maximum absolute atomic E-state index is 10.3. The van der Waals surface area contributed by atoms with Crippen LogP contribution in [0.1, 0.15) is 29.2 Å². The molecule has 0 heterocycles. The third kappa shape index (κ3) is 4.59. The number of ether oxygens (including phenoxy) is 2. The van der Waals surface area contributed by atoms with Crippen molar-refractivity contribution in [1.29, 1.82) is 0 Å². The van der Waals surface area contributed by atoms with Gasteiger partial charge in [0.2, 0.25) is 0 Å². The summed E-state index contributed by atoms with van der Waals surface area (Å²) < 4.78 is 10.3. The summed E-state index contributed by atoms with van der Waals surface area (Å²) in [6.07, 6.45) is 1.08. The van der Waals surface area contributed by atoms with Crippen molar-refractivity contribution in [2.24, 2.45) is 0 Å². The Labute approximate surface area is 126 Å². The Kier molecular flexibility index (Phi) is 5.78. The minimum Gasteiger partial charge on any atom is -0.497 e. The number of aryl methyl sites for hydroxylation is 1. The molecular weight excluding hydrogens is 264 g/mol. The highest BCUT2D eigenvalue weighted by Crippen LogP contribution is 2.21. The number of hydrogen-bond acceptors (Lipinski definition) is 3. The van der Waals surface area contributed by atoms with Crippen LogP contribution in [0.5, 0.6) is 5.75 Å². The fraction of sp³-hybridized carbons (Fsp3) is 0.333. The molecule has 3 nitrogen and oxygen atoms in total. The van der Waals surface area contributed by atoms with Gasteiger partial charge in [-0.05, 0) is 41.7 Å². The van der Waals surface area contributed by atoms with E-state index < -0.39 is 6.10 Å². The fourth-order valence-electron chi connectivity index (χ4n) is 2.32. The minimum absolute atomic E-state index is 0.455. The first-order chi connectivity index (χ1) is 10.2. The molecule has 2 rings (SSSR count). The van der Waals surface area contributed by atoms with Crippen LogP contribution in [0.2, 0.25) is 0 Å². The van der Waals surface area contributed by atoms with Gasteiger partial charge in [-0.15, -0.1) is 0 Å². The lowest BCUT2D eigenvalue weighted by Gasteiger charge is -2.12. The van der Waals surface area contributed by atoms with Gasteiger partial charge in [-0.2, -0.15) is 0 Å².